The second-order valence-corrected chi connectivity index (χ2v) is 4.10. The number of ether oxygens (including phenoxy) is 1. The lowest BCUT2D eigenvalue weighted by molar-refractivity contribution is 0.128. The molecule has 90 valence electrons. The van der Waals surface area contributed by atoms with Crippen LogP contribution in [0.15, 0.2) is 0 Å². The summed E-state index contributed by atoms with van der Waals surface area (Å²) in [7, 11) is 0. The highest BCUT2D eigenvalue weighted by atomic mass is 16.5. The molecule has 0 bridgehead atoms. The van der Waals surface area contributed by atoms with Gasteiger partial charge in [-0.1, -0.05) is 12.1 Å². The smallest absolute Gasteiger partial charge is 0.0997 e. The third-order valence-electron chi connectivity index (χ3n) is 2.76. The van der Waals surface area contributed by atoms with Crippen LogP contribution in [0, 0.1) is 0 Å². The zero-order valence-electron chi connectivity index (χ0n) is 9.91. The van der Waals surface area contributed by atoms with Crippen LogP contribution in [0.25, 0.3) is 0 Å². The third kappa shape index (κ3) is 2.80. The fourth-order valence-corrected chi connectivity index (χ4v) is 1.94. The van der Waals surface area contributed by atoms with Gasteiger partial charge in [-0.15, -0.1) is 5.10 Å². The standard InChI is InChI=1S/C11H20N4O/c1-2-7-16-8-3-6-15-11-4-5-12-9-10(11)13-14-15/h12H,2-9H2,1H3. The molecule has 0 amide bonds. The predicted octanol–water partition coefficient (Wildman–Crippen LogP) is 0.740. The predicted molar refractivity (Wildman–Crippen MR) is 61.2 cm³/mol. The molecule has 0 spiro atoms. The molecule has 0 saturated carbocycles. The SMILES string of the molecule is CCCOCCCn1nnc2c1CCNC2. The Hall–Kier alpha value is -0.940. The molecule has 5 nitrogen and oxygen atoms in total. The summed E-state index contributed by atoms with van der Waals surface area (Å²) >= 11 is 0. The number of aryl methyl sites for hydroxylation is 1. The van der Waals surface area contributed by atoms with Gasteiger partial charge in [0.25, 0.3) is 0 Å². The van der Waals surface area contributed by atoms with Gasteiger partial charge in [-0.3, -0.25) is 0 Å². The van der Waals surface area contributed by atoms with Crippen LogP contribution in [0.3, 0.4) is 0 Å². The lowest BCUT2D eigenvalue weighted by Crippen LogP contribution is -2.25. The molecule has 1 aliphatic rings. The van der Waals surface area contributed by atoms with E-state index in [-0.39, 0.29) is 0 Å². The summed E-state index contributed by atoms with van der Waals surface area (Å²) in [5, 5.41) is 11.7. The molecule has 1 aromatic rings. The Balaban J connectivity index is 1.78. The maximum atomic E-state index is 5.45. The van der Waals surface area contributed by atoms with Gasteiger partial charge in [0.2, 0.25) is 0 Å². The average molecular weight is 224 g/mol. The summed E-state index contributed by atoms with van der Waals surface area (Å²) in [5.74, 6) is 0. The topological polar surface area (TPSA) is 52.0 Å². The van der Waals surface area contributed by atoms with E-state index in [4.69, 9.17) is 4.74 Å². The van der Waals surface area contributed by atoms with Gasteiger partial charge in [-0.05, 0) is 12.8 Å². The number of hydrogen-bond donors (Lipinski definition) is 1. The van der Waals surface area contributed by atoms with Crippen molar-refractivity contribution < 1.29 is 4.74 Å². The van der Waals surface area contributed by atoms with E-state index in [0.717, 1.165) is 57.8 Å². The van der Waals surface area contributed by atoms with Crippen molar-refractivity contribution in [1.29, 1.82) is 0 Å². The Morgan fingerprint density at radius 3 is 3.25 bits per heavy atom. The van der Waals surface area contributed by atoms with Crippen LogP contribution in [0.5, 0.6) is 0 Å². The molecule has 1 N–H and O–H groups in total. The molecule has 0 fully saturated rings. The summed E-state index contributed by atoms with van der Waals surface area (Å²) in [6, 6.07) is 0. The van der Waals surface area contributed by atoms with Crippen LogP contribution >= 0.6 is 0 Å². The molecule has 0 aliphatic carbocycles. The lowest BCUT2D eigenvalue weighted by atomic mass is 10.2. The van der Waals surface area contributed by atoms with Crippen LogP contribution in [-0.4, -0.2) is 34.8 Å². The molecule has 0 unspecified atom stereocenters. The minimum Gasteiger partial charge on any atom is -0.381 e. The van der Waals surface area contributed by atoms with E-state index in [1.807, 2.05) is 4.68 Å². The second-order valence-electron chi connectivity index (χ2n) is 4.10. The number of nitrogens with one attached hydrogen (secondary N) is 1. The summed E-state index contributed by atoms with van der Waals surface area (Å²) in [6.45, 7) is 6.63. The van der Waals surface area contributed by atoms with Crippen LogP contribution in [0.1, 0.15) is 31.2 Å². The van der Waals surface area contributed by atoms with Gasteiger partial charge >= 0.3 is 0 Å². The van der Waals surface area contributed by atoms with E-state index < -0.39 is 0 Å². The number of hydrogen-bond acceptors (Lipinski definition) is 4. The fourth-order valence-electron chi connectivity index (χ4n) is 1.94. The number of fused-ring (bicyclic) bond motifs is 1. The highest BCUT2D eigenvalue weighted by molar-refractivity contribution is 5.13. The van der Waals surface area contributed by atoms with Crippen LogP contribution in [-0.2, 0) is 24.2 Å². The van der Waals surface area contributed by atoms with Crippen LogP contribution in [0.4, 0.5) is 0 Å². The summed E-state index contributed by atoms with van der Waals surface area (Å²) in [5.41, 5.74) is 2.41. The third-order valence-corrected chi connectivity index (χ3v) is 2.76. The Bertz CT molecular complexity index is 324. The van der Waals surface area contributed by atoms with E-state index in [1.54, 1.807) is 0 Å². The van der Waals surface area contributed by atoms with Crippen molar-refractivity contribution in [3.05, 3.63) is 11.4 Å². The highest BCUT2D eigenvalue weighted by Crippen LogP contribution is 2.10. The first-order chi connectivity index (χ1) is 7.92. The first-order valence-electron chi connectivity index (χ1n) is 6.11. The molecule has 2 rings (SSSR count). The van der Waals surface area contributed by atoms with E-state index in [2.05, 4.69) is 22.6 Å². The number of aromatic nitrogens is 3. The van der Waals surface area contributed by atoms with Gasteiger partial charge in [0.05, 0.1) is 11.4 Å². The molecule has 0 saturated heterocycles. The number of rotatable bonds is 6. The van der Waals surface area contributed by atoms with E-state index >= 15 is 0 Å². The van der Waals surface area contributed by atoms with Crippen molar-refractivity contribution in [2.75, 3.05) is 19.8 Å². The molecule has 0 atom stereocenters. The highest BCUT2D eigenvalue weighted by Gasteiger charge is 2.15. The van der Waals surface area contributed by atoms with Gasteiger partial charge in [-0.25, -0.2) is 4.68 Å². The first-order valence-corrected chi connectivity index (χ1v) is 6.11. The fraction of sp³-hybridized carbons (Fsp3) is 0.818. The van der Waals surface area contributed by atoms with Crippen molar-refractivity contribution in [2.24, 2.45) is 0 Å². The van der Waals surface area contributed by atoms with E-state index in [0.29, 0.717) is 0 Å². The zero-order chi connectivity index (χ0) is 11.2. The van der Waals surface area contributed by atoms with Crippen LogP contribution < -0.4 is 5.32 Å². The van der Waals surface area contributed by atoms with Crippen LogP contribution in [0.2, 0.25) is 0 Å². The zero-order valence-corrected chi connectivity index (χ0v) is 9.91. The monoisotopic (exact) mass is 224 g/mol. The quantitative estimate of drug-likeness (QED) is 0.724. The molecule has 5 heteroatoms. The molecular formula is C11H20N4O. The minimum absolute atomic E-state index is 0.820. The molecule has 2 heterocycles. The molecule has 1 aliphatic heterocycles. The Kier molecular flexibility index (Phi) is 4.30. The maximum Gasteiger partial charge on any atom is 0.0997 e. The Morgan fingerprint density at radius 2 is 2.38 bits per heavy atom. The Labute approximate surface area is 96.2 Å². The van der Waals surface area contributed by atoms with Gasteiger partial charge in [0.1, 0.15) is 0 Å². The van der Waals surface area contributed by atoms with Crippen molar-refractivity contribution in [1.82, 2.24) is 20.3 Å². The minimum atomic E-state index is 0.820. The van der Waals surface area contributed by atoms with Crippen molar-refractivity contribution in [3.8, 4) is 0 Å². The van der Waals surface area contributed by atoms with E-state index in [1.165, 1.54) is 5.69 Å². The molecule has 1 aromatic heterocycles. The largest absolute Gasteiger partial charge is 0.381 e. The summed E-state index contributed by atoms with van der Waals surface area (Å²) < 4.78 is 7.48. The van der Waals surface area contributed by atoms with Gasteiger partial charge in [0, 0.05) is 39.3 Å². The molecule has 16 heavy (non-hydrogen) atoms. The number of nitrogens with zero attached hydrogens (tertiary/aromatic N) is 3. The first kappa shape index (κ1) is 11.5. The second kappa shape index (κ2) is 5.96. The molecule has 0 aromatic carbocycles. The average Bonchev–Trinajstić information content (AvgIpc) is 2.73. The van der Waals surface area contributed by atoms with Crippen molar-refractivity contribution >= 4 is 0 Å². The maximum absolute atomic E-state index is 5.45. The van der Waals surface area contributed by atoms with Gasteiger partial charge in [-0.2, -0.15) is 0 Å². The van der Waals surface area contributed by atoms with E-state index in [9.17, 15) is 0 Å². The summed E-state index contributed by atoms with van der Waals surface area (Å²) in [6.07, 6.45) is 3.14. The van der Waals surface area contributed by atoms with Crippen molar-refractivity contribution in [3.63, 3.8) is 0 Å². The lowest BCUT2D eigenvalue weighted by Gasteiger charge is -2.13. The molecule has 0 radical (unpaired) electrons. The van der Waals surface area contributed by atoms with Gasteiger partial charge < -0.3 is 10.1 Å². The Morgan fingerprint density at radius 1 is 1.44 bits per heavy atom. The van der Waals surface area contributed by atoms with Gasteiger partial charge in [0.15, 0.2) is 0 Å². The van der Waals surface area contributed by atoms with Crippen molar-refractivity contribution in [2.45, 2.75) is 39.3 Å². The normalized spacial score (nSPS) is 15.1. The molecular weight excluding hydrogens is 204 g/mol. The summed E-state index contributed by atoms with van der Waals surface area (Å²) in [4.78, 5) is 0.